The van der Waals surface area contributed by atoms with E-state index < -0.39 is 22.0 Å². The van der Waals surface area contributed by atoms with Crippen molar-refractivity contribution in [2.24, 2.45) is 0 Å². The smallest absolute Gasteiger partial charge is 0.337 e. The molecule has 0 saturated carbocycles. The number of carbonyl (C=O) groups is 2. The minimum absolute atomic E-state index is 0.0260. The van der Waals surface area contributed by atoms with Crippen LogP contribution in [0.1, 0.15) is 32.0 Å². The molecule has 0 aliphatic rings. The molecule has 0 aliphatic heterocycles. The van der Waals surface area contributed by atoms with Gasteiger partial charge in [-0.15, -0.1) is 0 Å². The van der Waals surface area contributed by atoms with Gasteiger partial charge in [0.2, 0.25) is 15.9 Å². The number of oxazole rings is 1. The van der Waals surface area contributed by atoms with Crippen molar-refractivity contribution in [3.05, 3.63) is 71.1 Å². The van der Waals surface area contributed by atoms with Crippen LogP contribution < -0.4 is 4.72 Å². The zero-order chi connectivity index (χ0) is 23.3. The molecule has 0 radical (unpaired) electrons. The maximum Gasteiger partial charge on any atom is 0.337 e. The average Bonchev–Trinajstić information content (AvgIpc) is 3.26. The number of hydrogen-bond acceptors (Lipinski definition) is 8. The molecule has 0 bridgehead atoms. The van der Waals surface area contributed by atoms with Gasteiger partial charge in [-0.2, -0.15) is 0 Å². The first-order valence-corrected chi connectivity index (χ1v) is 11.0. The van der Waals surface area contributed by atoms with E-state index in [2.05, 4.69) is 19.2 Å². The summed E-state index contributed by atoms with van der Waals surface area (Å²) in [6, 6.07) is 11.1. The molecular formula is C22H22N2O7S. The lowest BCUT2D eigenvalue weighted by Crippen LogP contribution is -2.26. The van der Waals surface area contributed by atoms with Crippen LogP contribution in [0.2, 0.25) is 0 Å². The molecule has 1 aromatic heterocycles. The summed E-state index contributed by atoms with van der Waals surface area (Å²) in [7, 11) is -1.72. The zero-order valence-electron chi connectivity index (χ0n) is 17.7. The van der Waals surface area contributed by atoms with Gasteiger partial charge in [0.05, 0.1) is 35.9 Å². The van der Waals surface area contributed by atoms with E-state index in [1.807, 2.05) is 31.2 Å². The molecule has 0 fully saturated rings. The molecule has 1 heterocycles. The number of aryl methyl sites for hydroxylation is 1. The Bertz CT molecular complexity index is 1200. The van der Waals surface area contributed by atoms with Crippen molar-refractivity contribution >= 4 is 22.0 Å². The standard InChI is InChI=1S/C22H22N2O7S/c1-14-4-6-15(7-5-14)20-24-18(13-31-20)8-9-23-32(27,28)19-11-16(21(25)29-2)10-17(12-19)22(26)30-3/h4-7,10-13,23H,8-9H2,1-3H3. The molecule has 0 atom stereocenters. The van der Waals surface area contributed by atoms with Crippen LogP contribution in [0.4, 0.5) is 0 Å². The number of sulfonamides is 1. The fraction of sp³-hybridized carbons (Fsp3) is 0.227. The molecular weight excluding hydrogens is 436 g/mol. The van der Waals surface area contributed by atoms with E-state index in [0.29, 0.717) is 11.6 Å². The molecule has 9 nitrogen and oxygen atoms in total. The van der Waals surface area contributed by atoms with Crippen molar-refractivity contribution in [3.63, 3.8) is 0 Å². The van der Waals surface area contributed by atoms with E-state index >= 15 is 0 Å². The average molecular weight is 458 g/mol. The highest BCUT2D eigenvalue weighted by molar-refractivity contribution is 7.89. The number of ether oxygens (including phenoxy) is 2. The molecule has 10 heteroatoms. The van der Waals surface area contributed by atoms with Gasteiger partial charge in [-0.25, -0.2) is 27.7 Å². The molecule has 3 rings (SSSR count). The third-order valence-electron chi connectivity index (χ3n) is 4.58. The molecule has 3 aromatic rings. The highest BCUT2D eigenvalue weighted by Crippen LogP contribution is 2.20. The highest BCUT2D eigenvalue weighted by Gasteiger charge is 2.21. The minimum Gasteiger partial charge on any atom is -0.465 e. The number of nitrogens with one attached hydrogen (secondary N) is 1. The number of nitrogens with zero attached hydrogens (tertiary/aromatic N) is 1. The molecule has 0 spiro atoms. The molecule has 0 aliphatic carbocycles. The van der Waals surface area contributed by atoms with Crippen molar-refractivity contribution in [3.8, 4) is 11.5 Å². The Labute approximate surface area is 185 Å². The summed E-state index contributed by atoms with van der Waals surface area (Å²) in [5, 5.41) is 0. The largest absolute Gasteiger partial charge is 0.465 e. The fourth-order valence-electron chi connectivity index (χ4n) is 2.87. The molecule has 0 unspecified atom stereocenters. The van der Waals surface area contributed by atoms with Crippen molar-refractivity contribution in [1.29, 1.82) is 0 Å². The Kier molecular flexibility index (Phi) is 7.06. The van der Waals surface area contributed by atoms with Crippen molar-refractivity contribution < 1.29 is 31.9 Å². The first-order chi connectivity index (χ1) is 15.2. The summed E-state index contributed by atoms with van der Waals surface area (Å²) in [4.78, 5) is 27.9. The van der Waals surface area contributed by atoms with E-state index in [4.69, 9.17) is 4.42 Å². The van der Waals surface area contributed by atoms with Crippen LogP contribution in [0.15, 0.2) is 58.0 Å². The summed E-state index contributed by atoms with van der Waals surface area (Å²) in [6.45, 7) is 2.00. The van der Waals surface area contributed by atoms with Gasteiger partial charge in [-0.05, 0) is 37.3 Å². The molecule has 0 amide bonds. The van der Waals surface area contributed by atoms with Gasteiger partial charge < -0.3 is 13.9 Å². The predicted molar refractivity (Wildman–Crippen MR) is 115 cm³/mol. The van der Waals surface area contributed by atoms with Crippen LogP contribution in [-0.2, 0) is 25.9 Å². The third kappa shape index (κ3) is 5.40. The Morgan fingerprint density at radius 1 is 1.00 bits per heavy atom. The van der Waals surface area contributed by atoms with E-state index in [9.17, 15) is 18.0 Å². The minimum atomic E-state index is -4.03. The molecule has 32 heavy (non-hydrogen) atoms. The van der Waals surface area contributed by atoms with E-state index in [1.165, 1.54) is 12.3 Å². The number of rotatable bonds is 8. The van der Waals surface area contributed by atoms with Gasteiger partial charge in [-0.3, -0.25) is 0 Å². The topological polar surface area (TPSA) is 125 Å². The van der Waals surface area contributed by atoms with Gasteiger partial charge in [0.15, 0.2) is 0 Å². The summed E-state index contributed by atoms with van der Waals surface area (Å²) in [5.74, 6) is -1.12. The number of carbonyl (C=O) groups excluding carboxylic acids is 2. The first kappa shape index (κ1) is 23.2. The molecule has 2 aromatic carbocycles. The van der Waals surface area contributed by atoms with Gasteiger partial charge in [0.1, 0.15) is 6.26 Å². The van der Waals surface area contributed by atoms with Crippen LogP contribution in [-0.4, -0.2) is 46.1 Å². The van der Waals surface area contributed by atoms with E-state index in [1.54, 1.807) is 0 Å². The molecule has 168 valence electrons. The second-order valence-electron chi connectivity index (χ2n) is 6.89. The number of benzene rings is 2. The lowest BCUT2D eigenvalue weighted by Gasteiger charge is -2.10. The maximum absolute atomic E-state index is 12.7. The Morgan fingerprint density at radius 2 is 1.59 bits per heavy atom. The Balaban J connectivity index is 1.73. The Morgan fingerprint density at radius 3 is 2.16 bits per heavy atom. The quantitative estimate of drug-likeness (QED) is 0.511. The van der Waals surface area contributed by atoms with Crippen LogP contribution >= 0.6 is 0 Å². The van der Waals surface area contributed by atoms with Gasteiger partial charge in [0.25, 0.3) is 0 Å². The lowest BCUT2D eigenvalue weighted by atomic mass is 10.1. The SMILES string of the molecule is COC(=O)c1cc(C(=O)OC)cc(S(=O)(=O)NCCc2coc(-c3ccc(C)cc3)n2)c1. The van der Waals surface area contributed by atoms with Crippen LogP contribution in [0.25, 0.3) is 11.5 Å². The van der Waals surface area contributed by atoms with Gasteiger partial charge >= 0.3 is 11.9 Å². The maximum atomic E-state index is 12.7. The fourth-order valence-corrected chi connectivity index (χ4v) is 3.97. The van der Waals surface area contributed by atoms with Crippen LogP contribution in [0.3, 0.4) is 0 Å². The summed E-state index contributed by atoms with van der Waals surface area (Å²) in [5.41, 5.74) is 2.32. The van der Waals surface area contributed by atoms with E-state index in [0.717, 1.165) is 37.5 Å². The predicted octanol–water partition coefficient (Wildman–Crippen LogP) is 2.74. The number of aromatic nitrogens is 1. The zero-order valence-corrected chi connectivity index (χ0v) is 18.6. The highest BCUT2D eigenvalue weighted by atomic mass is 32.2. The second-order valence-corrected chi connectivity index (χ2v) is 8.65. The number of hydrogen-bond donors (Lipinski definition) is 1. The Hall–Kier alpha value is -3.50. The molecule has 0 saturated heterocycles. The van der Waals surface area contributed by atoms with Crippen LogP contribution in [0, 0.1) is 6.92 Å². The summed E-state index contributed by atoms with van der Waals surface area (Å²) >= 11 is 0. The monoisotopic (exact) mass is 458 g/mol. The first-order valence-electron chi connectivity index (χ1n) is 9.56. The lowest BCUT2D eigenvalue weighted by molar-refractivity contribution is 0.0598. The van der Waals surface area contributed by atoms with E-state index in [-0.39, 0.29) is 29.0 Å². The van der Waals surface area contributed by atoms with Gasteiger partial charge in [-0.1, -0.05) is 17.7 Å². The summed E-state index contributed by atoms with van der Waals surface area (Å²) in [6.07, 6.45) is 1.74. The second kappa shape index (κ2) is 9.75. The van der Waals surface area contributed by atoms with Gasteiger partial charge in [0, 0.05) is 18.5 Å². The van der Waals surface area contributed by atoms with Crippen LogP contribution in [0.5, 0.6) is 0 Å². The van der Waals surface area contributed by atoms with Crippen molar-refractivity contribution in [1.82, 2.24) is 9.71 Å². The number of methoxy groups -OCH3 is 2. The normalized spacial score (nSPS) is 11.2. The summed E-state index contributed by atoms with van der Waals surface area (Å²) < 4.78 is 42.7. The number of esters is 2. The molecule has 1 N–H and O–H groups in total. The third-order valence-corrected chi connectivity index (χ3v) is 6.02. The van der Waals surface area contributed by atoms with Crippen molar-refractivity contribution in [2.45, 2.75) is 18.2 Å². The van der Waals surface area contributed by atoms with Crippen molar-refractivity contribution in [2.75, 3.05) is 20.8 Å².